The standard InChI is InChI=1S/C26H26N4O3/c1-2-12-29-25(32)26(17-20-8-3-4-10-22(20)21-9-7-13-27-18-21)19-30(15-16-33-26)24(31)23-11-5-6-14-28-23/h2-11,13-14,18H,1,12,15-17,19H2,(H,29,32)/t26-/m0/s1. The van der Waals surface area contributed by atoms with Gasteiger partial charge in [0.05, 0.1) is 13.2 Å². The van der Waals surface area contributed by atoms with Crippen LogP contribution in [0.1, 0.15) is 16.1 Å². The number of ether oxygens (including phenoxy) is 1. The van der Waals surface area contributed by atoms with E-state index in [0.717, 1.165) is 16.7 Å². The molecule has 1 fully saturated rings. The van der Waals surface area contributed by atoms with E-state index in [2.05, 4.69) is 21.9 Å². The second kappa shape index (κ2) is 10.2. The number of morpholine rings is 1. The minimum absolute atomic E-state index is 0.118. The first kappa shape index (κ1) is 22.4. The smallest absolute Gasteiger partial charge is 0.272 e. The number of carbonyl (C=O) groups excluding carboxylic acids is 2. The van der Waals surface area contributed by atoms with E-state index < -0.39 is 5.60 Å². The van der Waals surface area contributed by atoms with Gasteiger partial charge in [0, 0.05) is 43.7 Å². The van der Waals surface area contributed by atoms with E-state index in [1.54, 1.807) is 47.8 Å². The Labute approximate surface area is 193 Å². The zero-order valence-corrected chi connectivity index (χ0v) is 18.3. The van der Waals surface area contributed by atoms with Crippen LogP contribution in [0.25, 0.3) is 11.1 Å². The third kappa shape index (κ3) is 4.99. The lowest BCUT2D eigenvalue weighted by molar-refractivity contribution is -0.157. The third-order valence-electron chi connectivity index (χ3n) is 5.64. The van der Waals surface area contributed by atoms with E-state index in [1.807, 2.05) is 36.4 Å². The second-order valence-corrected chi connectivity index (χ2v) is 7.86. The Bertz CT molecular complexity index is 1120. The third-order valence-corrected chi connectivity index (χ3v) is 5.64. The van der Waals surface area contributed by atoms with Gasteiger partial charge in [-0.2, -0.15) is 0 Å². The van der Waals surface area contributed by atoms with Crippen molar-refractivity contribution in [3.63, 3.8) is 0 Å². The molecule has 1 saturated heterocycles. The van der Waals surface area contributed by atoms with Crippen LogP contribution < -0.4 is 5.32 Å². The molecule has 4 rings (SSSR count). The van der Waals surface area contributed by atoms with Gasteiger partial charge in [0.15, 0.2) is 5.60 Å². The Balaban J connectivity index is 1.68. The Morgan fingerprint density at radius 2 is 1.97 bits per heavy atom. The van der Waals surface area contributed by atoms with Crippen molar-refractivity contribution in [1.29, 1.82) is 0 Å². The van der Waals surface area contributed by atoms with Crippen LogP contribution in [-0.2, 0) is 16.0 Å². The molecule has 1 aliphatic rings. The van der Waals surface area contributed by atoms with E-state index in [-0.39, 0.29) is 25.0 Å². The molecule has 7 nitrogen and oxygen atoms in total. The molecule has 0 spiro atoms. The van der Waals surface area contributed by atoms with Crippen LogP contribution in [0.3, 0.4) is 0 Å². The molecule has 3 heterocycles. The molecule has 1 aromatic carbocycles. The van der Waals surface area contributed by atoms with E-state index in [0.29, 0.717) is 25.2 Å². The number of hydrogen-bond donors (Lipinski definition) is 1. The first-order valence-corrected chi connectivity index (χ1v) is 10.8. The molecule has 1 atom stereocenters. The predicted octanol–water partition coefficient (Wildman–Crippen LogP) is 2.90. The first-order chi connectivity index (χ1) is 16.1. The van der Waals surface area contributed by atoms with Gasteiger partial charge in [-0.1, -0.05) is 42.5 Å². The summed E-state index contributed by atoms with van der Waals surface area (Å²) in [7, 11) is 0. The zero-order chi connectivity index (χ0) is 23.1. The van der Waals surface area contributed by atoms with Crippen LogP contribution >= 0.6 is 0 Å². The van der Waals surface area contributed by atoms with Gasteiger partial charge in [-0.25, -0.2) is 0 Å². The summed E-state index contributed by atoms with van der Waals surface area (Å²) in [5.41, 5.74) is 1.96. The molecular weight excluding hydrogens is 416 g/mol. The second-order valence-electron chi connectivity index (χ2n) is 7.86. The van der Waals surface area contributed by atoms with Crippen molar-refractivity contribution in [3.05, 3.63) is 97.1 Å². The molecule has 3 aromatic rings. The SMILES string of the molecule is C=CCNC(=O)[C@]1(Cc2ccccc2-c2cccnc2)CN(C(=O)c2ccccn2)CCO1. The summed E-state index contributed by atoms with van der Waals surface area (Å²) in [4.78, 5) is 36.6. The number of carbonyl (C=O) groups is 2. The number of nitrogens with zero attached hydrogens (tertiary/aromatic N) is 3. The average Bonchev–Trinajstić information content (AvgIpc) is 2.88. The molecule has 7 heteroatoms. The van der Waals surface area contributed by atoms with Crippen molar-refractivity contribution in [2.24, 2.45) is 0 Å². The topological polar surface area (TPSA) is 84.4 Å². The van der Waals surface area contributed by atoms with Crippen molar-refractivity contribution in [1.82, 2.24) is 20.2 Å². The van der Waals surface area contributed by atoms with Gasteiger partial charge in [0.1, 0.15) is 5.69 Å². The number of rotatable bonds is 7. The number of hydrogen-bond acceptors (Lipinski definition) is 5. The number of pyridine rings is 2. The number of nitrogens with one attached hydrogen (secondary N) is 1. The zero-order valence-electron chi connectivity index (χ0n) is 18.3. The summed E-state index contributed by atoms with van der Waals surface area (Å²) >= 11 is 0. The summed E-state index contributed by atoms with van der Waals surface area (Å²) in [6.45, 7) is 4.74. The summed E-state index contributed by atoms with van der Waals surface area (Å²) in [6.07, 6.45) is 7.02. The fourth-order valence-electron chi connectivity index (χ4n) is 4.05. The van der Waals surface area contributed by atoms with Crippen molar-refractivity contribution < 1.29 is 14.3 Å². The van der Waals surface area contributed by atoms with Crippen molar-refractivity contribution >= 4 is 11.8 Å². The van der Waals surface area contributed by atoms with Crippen LogP contribution in [0.5, 0.6) is 0 Å². The van der Waals surface area contributed by atoms with Crippen LogP contribution in [0, 0.1) is 0 Å². The molecule has 2 aromatic heterocycles. The fraction of sp³-hybridized carbons (Fsp3) is 0.231. The lowest BCUT2D eigenvalue weighted by atomic mass is 9.87. The lowest BCUT2D eigenvalue weighted by Crippen LogP contribution is -2.62. The molecule has 1 aliphatic heterocycles. The summed E-state index contributed by atoms with van der Waals surface area (Å²) in [5, 5.41) is 2.87. The van der Waals surface area contributed by atoms with E-state index in [1.165, 1.54) is 0 Å². The largest absolute Gasteiger partial charge is 0.361 e. The maximum atomic E-state index is 13.4. The molecular formula is C26H26N4O3. The van der Waals surface area contributed by atoms with Crippen molar-refractivity contribution in [3.8, 4) is 11.1 Å². The van der Waals surface area contributed by atoms with Gasteiger partial charge < -0.3 is 15.0 Å². The predicted molar refractivity (Wildman–Crippen MR) is 125 cm³/mol. The normalized spacial score (nSPS) is 17.9. The summed E-state index contributed by atoms with van der Waals surface area (Å²) < 4.78 is 6.16. The van der Waals surface area contributed by atoms with Gasteiger partial charge in [0.2, 0.25) is 0 Å². The minimum Gasteiger partial charge on any atom is -0.361 e. The quantitative estimate of drug-likeness (QED) is 0.569. The highest BCUT2D eigenvalue weighted by Gasteiger charge is 2.45. The van der Waals surface area contributed by atoms with Gasteiger partial charge in [-0.05, 0) is 29.3 Å². The Morgan fingerprint density at radius 3 is 2.73 bits per heavy atom. The molecule has 1 N–H and O–H groups in total. The molecule has 168 valence electrons. The maximum Gasteiger partial charge on any atom is 0.272 e. The van der Waals surface area contributed by atoms with Crippen LogP contribution in [0.15, 0.2) is 85.8 Å². The Kier molecular flexibility index (Phi) is 6.90. The van der Waals surface area contributed by atoms with Crippen LogP contribution in [0.4, 0.5) is 0 Å². The summed E-state index contributed by atoms with van der Waals surface area (Å²) in [6, 6.07) is 16.9. The molecule has 0 bridgehead atoms. The number of benzene rings is 1. The van der Waals surface area contributed by atoms with Crippen molar-refractivity contribution in [2.75, 3.05) is 26.2 Å². The Hall–Kier alpha value is -3.84. The first-order valence-electron chi connectivity index (χ1n) is 10.8. The minimum atomic E-state index is -1.25. The van der Waals surface area contributed by atoms with Gasteiger partial charge >= 0.3 is 0 Å². The van der Waals surface area contributed by atoms with E-state index >= 15 is 0 Å². The number of amides is 2. The highest BCUT2D eigenvalue weighted by molar-refractivity contribution is 5.94. The van der Waals surface area contributed by atoms with Crippen molar-refractivity contribution in [2.45, 2.75) is 12.0 Å². The molecule has 2 amide bonds. The molecule has 0 saturated carbocycles. The van der Waals surface area contributed by atoms with Gasteiger partial charge in [-0.3, -0.25) is 19.6 Å². The molecule has 0 aliphatic carbocycles. The van der Waals surface area contributed by atoms with Crippen LogP contribution in [-0.4, -0.2) is 58.5 Å². The van der Waals surface area contributed by atoms with Crippen LogP contribution in [0.2, 0.25) is 0 Å². The van der Waals surface area contributed by atoms with Gasteiger partial charge in [0.25, 0.3) is 11.8 Å². The highest BCUT2D eigenvalue weighted by Crippen LogP contribution is 2.30. The number of aromatic nitrogens is 2. The molecule has 0 radical (unpaired) electrons. The fourth-order valence-corrected chi connectivity index (χ4v) is 4.05. The van der Waals surface area contributed by atoms with E-state index in [9.17, 15) is 9.59 Å². The highest BCUT2D eigenvalue weighted by atomic mass is 16.5. The molecule has 0 unspecified atom stereocenters. The van der Waals surface area contributed by atoms with Gasteiger partial charge in [-0.15, -0.1) is 6.58 Å². The average molecular weight is 443 g/mol. The molecule has 33 heavy (non-hydrogen) atoms. The lowest BCUT2D eigenvalue weighted by Gasteiger charge is -2.41. The maximum absolute atomic E-state index is 13.4. The Morgan fingerprint density at radius 1 is 1.12 bits per heavy atom. The van der Waals surface area contributed by atoms with E-state index in [4.69, 9.17) is 4.74 Å². The summed E-state index contributed by atoms with van der Waals surface area (Å²) in [5.74, 6) is -0.498. The monoisotopic (exact) mass is 442 g/mol.